The van der Waals surface area contributed by atoms with Gasteiger partial charge < -0.3 is 10.2 Å². The van der Waals surface area contributed by atoms with Crippen molar-refractivity contribution < 1.29 is 0 Å². The molecule has 1 aromatic carbocycles. The van der Waals surface area contributed by atoms with Crippen LogP contribution in [0, 0.1) is 0 Å². The fraction of sp³-hybridized carbons (Fsp3) is 0.571. The van der Waals surface area contributed by atoms with E-state index in [1.807, 2.05) is 0 Å². The molecule has 1 atom stereocenters. The summed E-state index contributed by atoms with van der Waals surface area (Å²) in [6, 6.07) is 9.38. The molecule has 3 rings (SSSR count). The monoisotopic (exact) mass is 231 g/mol. The summed E-state index contributed by atoms with van der Waals surface area (Å²) in [5.41, 5.74) is 2.81. The van der Waals surface area contributed by atoms with Gasteiger partial charge in [-0.2, -0.15) is 0 Å². The Morgan fingerprint density at radius 1 is 1.12 bits per heavy atom. The van der Waals surface area contributed by atoms with Gasteiger partial charge in [0.2, 0.25) is 0 Å². The fourth-order valence-electron chi connectivity index (χ4n) is 2.87. The SMILES string of the molecule is CN1CCN(C2CNc3ccccc3C2)CC1. The van der Waals surface area contributed by atoms with Crippen LogP contribution in [0.4, 0.5) is 5.69 Å². The Bertz CT molecular complexity index is 383. The molecule has 3 nitrogen and oxygen atoms in total. The van der Waals surface area contributed by atoms with Crippen LogP contribution in [0.2, 0.25) is 0 Å². The van der Waals surface area contributed by atoms with E-state index in [4.69, 9.17) is 0 Å². The first-order valence-electron chi connectivity index (χ1n) is 6.57. The normalized spacial score (nSPS) is 26.3. The minimum Gasteiger partial charge on any atom is -0.383 e. The Morgan fingerprint density at radius 3 is 2.71 bits per heavy atom. The van der Waals surface area contributed by atoms with E-state index in [0.29, 0.717) is 6.04 Å². The summed E-state index contributed by atoms with van der Waals surface area (Å²) in [7, 11) is 2.21. The summed E-state index contributed by atoms with van der Waals surface area (Å²) in [5, 5.41) is 3.57. The van der Waals surface area contributed by atoms with Crippen molar-refractivity contribution in [3.05, 3.63) is 29.8 Å². The molecular weight excluding hydrogens is 210 g/mol. The van der Waals surface area contributed by atoms with E-state index in [2.05, 4.69) is 46.4 Å². The Labute approximate surface area is 103 Å². The lowest BCUT2D eigenvalue weighted by Gasteiger charge is -2.40. The van der Waals surface area contributed by atoms with Crippen LogP contribution in [0.3, 0.4) is 0 Å². The molecule has 0 aromatic heterocycles. The van der Waals surface area contributed by atoms with Crippen molar-refractivity contribution >= 4 is 5.69 Å². The highest BCUT2D eigenvalue weighted by molar-refractivity contribution is 5.53. The summed E-state index contributed by atoms with van der Waals surface area (Å²) < 4.78 is 0. The first-order chi connectivity index (χ1) is 8.33. The van der Waals surface area contributed by atoms with Gasteiger partial charge in [0.25, 0.3) is 0 Å². The molecule has 92 valence electrons. The Kier molecular flexibility index (Phi) is 3.04. The topological polar surface area (TPSA) is 18.5 Å². The van der Waals surface area contributed by atoms with Crippen molar-refractivity contribution in [2.24, 2.45) is 0 Å². The molecule has 1 N–H and O–H groups in total. The molecule has 0 bridgehead atoms. The zero-order valence-electron chi connectivity index (χ0n) is 10.5. The number of nitrogens with one attached hydrogen (secondary N) is 1. The number of likely N-dealkylation sites (N-methyl/N-ethyl adjacent to an activating group) is 1. The van der Waals surface area contributed by atoms with Gasteiger partial charge in [0.05, 0.1) is 0 Å². The number of fused-ring (bicyclic) bond motifs is 1. The second-order valence-electron chi connectivity index (χ2n) is 5.24. The van der Waals surface area contributed by atoms with Gasteiger partial charge in [0.1, 0.15) is 0 Å². The van der Waals surface area contributed by atoms with Gasteiger partial charge >= 0.3 is 0 Å². The lowest BCUT2D eigenvalue weighted by atomic mass is 9.98. The predicted molar refractivity (Wildman–Crippen MR) is 71.5 cm³/mol. The van der Waals surface area contributed by atoms with Gasteiger partial charge in [-0.25, -0.2) is 0 Å². The van der Waals surface area contributed by atoms with E-state index in [-0.39, 0.29) is 0 Å². The maximum absolute atomic E-state index is 3.57. The van der Waals surface area contributed by atoms with E-state index in [1.54, 1.807) is 0 Å². The molecule has 1 aromatic rings. The predicted octanol–water partition coefficient (Wildman–Crippen LogP) is 1.27. The quantitative estimate of drug-likeness (QED) is 0.785. The summed E-state index contributed by atoms with van der Waals surface area (Å²) in [5.74, 6) is 0. The average Bonchev–Trinajstić information content (AvgIpc) is 2.39. The van der Waals surface area contributed by atoms with E-state index >= 15 is 0 Å². The van der Waals surface area contributed by atoms with Crippen molar-refractivity contribution in [3.63, 3.8) is 0 Å². The highest BCUT2D eigenvalue weighted by Gasteiger charge is 2.25. The molecule has 0 spiro atoms. The fourth-order valence-corrected chi connectivity index (χ4v) is 2.87. The minimum absolute atomic E-state index is 0.679. The van der Waals surface area contributed by atoms with Gasteiger partial charge in [0.15, 0.2) is 0 Å². The number of hydrogen-bond donors (Lipinski definition) is 1. The third-order valence-corrected chi connectivity index (χ3v) is 4.06. The number of benzene rings is 1. The van der Waals surface area contributed by atoms with E-state index < -0.39 is 0 Å². The Morgan fingerprint density at radius 2 is 1.88 bits per heavy atom. The van der Waals surface area contributed by atoms with Crippen molar-refractivity contribution in [1.29, 1.82) is 0 Å². The molecule has 2 aliphatic heterocycles. The molecule has 3 heteroatoms. The van der Waals surface area contributed by atoms with Gasteiger partial charge in [-0.15, -0.1) is 0 Å². The van der Waals surface area contributed by atoms with Crippen LogP contribution < -0.4 is 5.32 Å². The smallest absolute Gasteiger partial charge is 0.0373 e. The van der Waals surface area contributed by atoms with Crippen molar-refractivity contribution in [1.82, 2.24) is 9.80 Å². The molecule has 17 heavy (non-hydrogen) atoms. The second-order valence-corrected chi connectivity index (χ2v) is 5.24. The van der Waals surface area contributed by atoms with E-state index in [0.717, 1.165) is 6.54 Å². The third kappa shape index (κ3) is 2.31. The lowest BCUT2D eigenvalue weighted by molar-refractivity contribution is 0.114. The van der Waals surface area contributed by atoms with Gasteiger partial charge in [0, 0.05) is 44.5 Å². The van der Waals surface area contributed by atoms with Crippen LogP contribution in [-0.4, -0.2) is 55.6 Å². The number of piperazine rings is 1. The molecule has 1 unspecified atom stereocenters. The van der Waals surface area contributed by atoms with Crippen LogP contribution in [0.25, 0.3) is 0 Å². The first kappa shape index (κ1) is 11.1. The van der Waals surface area contributed by atoms with Crippen LogP contribution in [0.15, 0.2) is 24.3 Å². The lowest BCUT2D eigenvalue weighted by Crippen LogP contribution is -2.52. The zero-order chi connectivity index (χ0) is 11.7. The van der Waals surface area contributed by atoms with E-state index in [1.165, 1.54) is 43.9 Å². The number of nitrogens with zero attached hydrogens (tertiary/aromatic N) is 2. The van der Waals surface area contributed by atoms with E-state index in [9.17, 15) is 0 Å². The Balaban J connectivity index is 1.68. The van der Waals surface area contributed by atoms with Crippen LogP contribution in [0.5, 0.6) is 0 Å². The summed E-state index contributed by atoms with van der Waals surface area (Å²) in [4.78, 5) is 5.06. The van der Waals surface area contributed by atoms with Crippen molar-refractivity contribution in [2.45, 2.75) is 12.5 Å². The highest BCUT2D eigenvalue weighted by atomic mass is 15.3. The highest BCUT2D eigenvalue weighted by Crippen LogP contribution is 2.23. The Hall–Kier alpha value is -1.06. The number of anilines is 1. The minimum atomic E-state index is 0.679. The standard InChI is InChI=1S/C14H21N3/c1-16-6-8-17(9-7-16)13-10-12-4-2-3-5-14(12)15-11-13/h2-5,13,15H,6-11H2,1H3. The molecule has 0 radical (unpaired) electrons. The van der Waals surface area contributed by atoms with Crippen LogP contribution >= 0.6 is 0 Å². The maximum atomic E-state index is 3.57. The van der Waals surface area contributed by atoms with Gasteiger partial charge in [-0.05, 0) is 25.1 Å². The number of rotatable bonds is 1. The molecule has 1 saturated heterocycles. The van der Waals surface area contributed by atoms with Crippen molar-refractivity contribution in [3.8, 4) is 0 Å². The van der Waals surface area contributed by atoms with Gasteiger partial charge in [-0.1, -0.05) is 18.2 Å². The molecular formula is C14H21N3. The molecule has 0 saturated carbocycles. The maximum Gasteiger partial charge on any atom is 0.0373 e. The number of hydrogen-bond acceptors (Lipinski definition) is 3. The molecule has 2 heterocycles. The first-order valence-corrected chi connectivity index (χ1v) is 6.57. The third-order valence-electron chi connectivity index (χ3n) is 4.06. The second kappa shape index (κ2) is 4.67. The molecule has 1 fully saturated rings. The van der Waals surface area contributed by atoms with Crippen molar-refractivity contribution in [2.75, 3.05) is 45.1 Å². The molecule has 0 aliphatic carbocycles. The molecule has 2 aliphatic rings. The molecule has 0 amide bonds. The summed E-state index contributed by atoms with van der Waals surface area (Å²) >= 11 is 0. The number of para-hydroxylation sites is 1. The largest absolute Gasteiger partial charge is 0.383 e. The summed E-state index contributed by atoms with van der Waals surface area (Å²) in [6.07, 6.45) is 1.20. The average molecular weight is 231 g/mol. The zero-order valence-corrected chi connectivity index (χ0v) is 10.5. The van der Waals surface area contributed by atoms with Crippen LogP contribution in [-0.2, 0) is 6.42 Å². The van der Waals surface area contributed by atoms with Crippen LogP contribution in [0.1, 0.15) is 5.56 Å². The van der Waals surface area contributed by atoms with Gasteiger partial charge in [-0.3, -0.25) is 4.90 Å². The summed E-state index contributed by atoms with van der Waals surface area (Å²) in [6.45, 7) is 5.94.